The number of phosphoric acid groups is 1. The fourth-order valence-corrected chi connectivity index (χ4v) is 6.34. The molecule has 3 N–H and O–H groups in total. The van der Waals surface area contributed by atoms with Crippen LogP contribution in [-0.4, -0.2) is 44.6 Å². The molecule has 2 aliphatic heterocycles. The van der Waals surface area contributed by atoms with Gasteiger partial charge in [-0.05, 0) is 60.9 Å². The molecule has 2 aromatic carbocycles. The van der Waals surface area contributed by atoms with Crippen molar-refractivity contribution in [3.63, 3.8) is 0 Å². The molecule has 0 bridgehead atoms. The number of alkyl halides is 6. The van der Waals surface area contributed by atoms with Gasteiger partial charge in [0.15, 0.2) is 5.54 Å². The number of nitriles is 1. The second kappa shape index (κ2) is 12.8. The number of hydrogen-bond donors (Lipinski definition) is 3. The normalized spacial score (nSPS) is 22.8. The first-order chi connectivity index (χ1) is 21.3. The third kappa shape index (κ3) is 7.41. The maximum Gasteiger partial charge on any atom is 0.469 e. The van der Waals surface area contributed by atoms with Crippen molar-refractivity contribution in [1.82, 2.24) is 15.2 Å². The van der Waals surface area contributed by atoms with E-state index in [4.69, 9.17) is 4.52 Å². The number of likely N-dealkylation sites (tertiary alicyclic amines) is 1. The lowest BCUT2D eigenvalue weighted by molar-refractivity contribution is -0.143. The van der Waals surface area contributed by atoms with Gasteiger partial charge in [-0.2, -0.15) is 36.7 Å². The summed E-state index contributed by atoms with van der Waals surface area (Å²) in [5, 5.41) is 14.4. The molecule has 0 saturated carbocycles. The maximum atomic E-state index is 13.6. The average Bonchev–Trinajstić information content (AvgIpc) is 3.44. The summed E-state index contributed by atoms with van der Waals surface area (Å²) in [4.78, 5) is 22.0. The Morgan fingerprint density at radius 2 is 1.74 bits per heavy atom. The first kappa shape index (κ1) is 35.0. The summed E-state index contributed by atoms with van der Waals surface area (Å²) in [5.74, 6) is -0.479. The van der Waals surface area contributed by atoms with Crippen molar-refractivity contribution in [3.8, 4) is 6.07 Å². The van der Waals surface area contributed by atoms with Crippen LogP contribution >= 0.6 is 7.82 Å². The Hall–Kier alpha value is -3.83. The number of hydrazone groups is 1. The Labute approximate surface area is 261 Å². The Balaban J connectivity index is 1.78. The van der Waals surface area contributed by atoms with Crippen LogP contribution in [0, 0.1) is 11.3 Å². The van der Waals surface area contributed by atoms with E-state index in [1.165, 1.54) is 18.2 Å². The zero-order chi connectivity index (χ0) is 34.1. The molecule has 2 aromatic rings. The number of benzene rings is 2. The summed E-state index contributed by atoms with van der Waals surface area (Å²) in [7, 11) is -4.95. The molecular weight excluding hydrogens is 639 g/mol. The third-order valence-corrected chi connectivity index (χ3v) is 8.94. The van der Waals surface area contributed by atoms with Gasteiger partial charge >= 0.3 is 20.2 Å². The smallest absolute Gasteiger partial charge is 0.360 e. The Morgan fingerprint density at radius 3 is 2.24 bits per heavy atom. The molecule has 1 unspecified atom stereocenters. The van der Waals surface area contributed by atoms with Gasteiger partial charge in [0.1, 0.15) is 12.2 Å². The van der Waals surface area contributed by atoms with Crippen LogP contribution in [0.25, 0.3) is 0 Å². The zero-order valence-electron chi connectivity index (χ0n) is 24.6. The summed E-state index contributed by atoms with van der Waals surface area (Å²) in [5.41, 5.74) is -1.87. The van der Waals surface area contributed by atoms with E-state index in [9.17, 15) is 46.0 Å². The number of halogens is 6. The number of phosphoric ester groups is 1. The van der Waals surface area contributed by atoms with E-state index >= 15 is 0 Å². The van der Waals surface area contributed by atoms with Crippen LogP contribution in [0.1, 0.15) is 60.8 Å². The monoisotopic (exact) mass is 671 g/mol. The molecule has 1 fully saturated rings. The van der Waals surface area contributed by atoms with E-state index in [0.29, 0.717) is 23.5 Å². The van der Waals surface area contributed by atoms with Crippen LogP contribution in [0.3, 0.4) is 0 Å². The van der Waals surface area contributed by atoms with E-state index in [0.717, 1.165) is 0 Å². The molecular formula is C30H32F6N5O4P. The molecule has 2 aliphatic rings. The average molecular weight is 672 g/mol. The van der Waals surface area contributed by atoms with Crippen LogP contribution < -0.4 is 5.43 Å². The minimum Gasteiger partial charge on any atom is -0.360 e. The fraction of sp³-hybridized carbons (Fsp3) is 0.400. The summed E-state index contributed by atoms with van der Waals surface area (Å²) in [6.07, 6.45) is -7.94. The van der Waals surface area contributed by atoms with Crippen molar-refractivity contribution in [2.75, 3.05) is 13.2 Å². The van der Waals surface area contributed by atoms with Gasteiger partial charge in [-0.25, -0.2) is 4.57 Å². The molecule has 9 nitrogen and oxygen atoms in total. The number of piperidine rings is 1. The van der Waals surface area contributed by atoms with E-state index in [1.807, 2.05) is 0 Å². The standard InChI is InChI=1S/C30H32F6N5O4P/c1-20(23-13-25(29(31,32)33)15-26(14-23)30(34,35)36)9-10-28(24-7-5-4-6-8-24)12-11-27(17-37,41-19-38-39-22(41)3)18-40(28)21(2)16-45-46(42,43)44/h4-8,13-15,19-20,39H,2-3,9-12,16,18H2,1H3,(H2,42,43,44)/t20?,27-,28-/m1/s1. The van der Waals surface area contributed by atoms with E-state index in [1.54, 1.807) is 35.2 Å². The number of rotatable bonds is 10. The van der Waals surface area contributed by atoms with Crippen LogP contribution in [0.4, 0.5) is 26.3 Å². The Kier molecular flexibility index (Phi) is 9.71. The predicted molar refractivity (Wildman–Crippen MR) is 156 cm³/mol. The highest BCUT2D eigenvalue weighted by Crippen LogP contribution is 2.50. The van der Waals surface area contributed by atoms with Gasteiger partial charge in [-0.1, -0.05) is 50.4 Å². The number of nitrogens with one attached hydrogen (secondary N) is 1. The minimum absolute atomic E-state index is 0.0847. The molecule has 46 heavy (non-hydrogen) atoms. The molecule has 2 heterocycles. The second-order valence-corrected chi connectivity index (χ2v) is 12.6. The molecule has 0 aromatic heterocycles. The van der Waals surface area contributed by atoms with E-state index in [-0.39, 0.29) is 49.6 Å². The number of nitrogens with zero attached hydrogens (tertiary/aromatic N) is 4. The minimum atomic E-state index is -5.00. The van der Waals surface area contributed by atoms with Crippen molar-refractivity contribution in [2.45, 2.75) is 62.0 Å². The topological polar surface area (TPSA) is 121 Å². The first-order valence-corrected chi connectivity index (χ1v) is 15.5. The summed E-state index contributed by atoms with van der Waals surface area (Å²) >= 11 is 0. The van der Waals surface area contributed by atoms with E-state index in [2.05, 4.69) is 29.8 Å². The van der Waals surface area contributed by atoms with Crippen LogP contribution in [-0.2, 0) is 27.0 Å². The van der Waals surface area contributed by atoms with E-state index < -0.39 is 54.9 Å². The summed E-state index contributed by atoms with van der Waals surface area (Å²) < 4.78 is 98.1. The maximum absolute atomic E-state index is 13.6. The molecule has 0 aliphatic carbocycles. The van der Waals surface area contributed by atoms with Gasteiger partial charge in [0, 0.05) is 5.70 Å². The van der Waals surface area contributed by atoms with Crippen molar-refractivity contribution in [2.24, 2.45) is 5.10 Å². The van der Waals surface area contributed by atoms with Gasteiger partial charge in [0.05, 0.1) is 35.9 Å². The lowest BCUT2D eigenvalue weighted by Crippen LogP contribution is -2.63. The summed E-state index contributed by atoms with van der Waals surface area (Å²) in [6.45, 7) is 8.71. The van der Waals surface area contributed by atoms with Crippen molar-refractivity contribution >= 4 is 14.2 Å². The van der Waals surface area contributed by atoms with Crippen LogP contribution in [0.5, 0.6) is 0 Å². The highest BCUT2D eigenvalue weighted by molar-refractivity contribution is 7.46. The molecule has 0 amide bonds. The zero-order valence-corrected chi connectivity index (χ0v) is 25.5. The van der Waals surface area contributed by atoms with Crippen LogP contribution in [0.2, 0.25) is 0 Å². The molecule has 4 rings (SSSR count). The van der Waals surface area contributed by atoms with Crippen LogP contribution in [0.15, 0.2) is 78.3 Å². The number of hydrogen-bond acceptors (Lipinski definition) is 7. The van der Waals surface area contributed by atoms with Crippen molar-refractivity contribution in [1.29, 1.82) is 5.26 Å². The lowest BCUT2D eigenvalue weighted by atomic mass is 9.70. The molecule has 0 spiro atoms. The Bertz CT molecular complexity index is 1560. The van der Waals surface area contributed by atoms with Crippen molar-refractivity contribution < 1.29 is 45.2 Å². The molecule has 1 saturated heterocycles. The largest absolute Gasteiger partial charge is 0.469 e. The highest BCUT2D eigenvalue weighted by atomic mass is 31.2. The quantitative estimate of drug-likeness (QED) is 0.186. The summed E-state index contributed by atoms with van der Waals surface area (Å²) in [6, 6.07) is 12.7. The highest BCUT2D eigenvalue weighted by Gasteiger charge is 2.53. The fourth-order valence-electron chi connectivity index (χ4n) is 6.03. The van der Waals surface area contributed by atoms with Gasteiger partial charge < -0.3 is 14.7 Å². The lowest BCUT2D eigenvalue weighted by Gasteiger charge is -2.56. The van der Waals surface area contributed by atoms with Gasteiger partial charge in [0.25, 0.3) is 0 Å². The molecule has 16 heteroatoms. The molecule has 0 radical (unpaired) electrons. The molecule has 248 valence electrons. The molecule has 3 atom stereocenters. The SMILES string of the molecule is C=C1NN=CN1[C@@]1(C#N)CC[C@](CCC(C)c2cc(C(F)(F)F)cc(C(F)(F)F)c2)(c2ccccc2)N(C(=C)COP(=O)(O)O)C1. The van der Waals surface area contributed by atoms with Crippen molar-refractivity contribution in [3.05, 3.63) is 95.5 Å². The second-order valence-electron chi connectivity index (χ2n) is 11.4. The van der Waals surface area contributed by atoms with Gasteiger partial charge in [0.2, 0.25) is 0 Å². The van der Waals surface area contributed by atoms with Gasteiger partial charge in [-0.3, -0.25) is 14.8 Å². The third-order valence-electron chi connectivity index (χ3n) is 8.48. The Morgan fingerprint density at radius 1 is 1.13 bits per heavy atom. The van der Waals surface area contributed by atoms with Gasteiger partial charge in [-0.15, -0.1) is 0 Å². The first-order valence-electron chi connectivity index (χ1n) is 14.0. The predicted octanol–water partition coefficient (Wildman–Crippen LogP) is 6.80.